The van der Waals surface area contributed by atoms with Crippen LogP contribution < -0.4 is 10.2 Å². The normalized spacial score (nSPS) is 20.5. The van der Waals surface area contributed by atoms with Crippen molar-refractivity contribution >= 4 is 45.6 Å². The van der Waals surface area contributed by atoms with E-state index in [1.807, 2.05) is 12.1 Å². The number of carbonyl (C=O) groups excluding carboxylic acids is 2. The van der Waals surface area contributed by atoms with Crippen LogP contribution in [0.3, 0.4) is 0 Å². The van der Waals surface area contributed by atoms with Gasteiger partial charge in [-0.15, -0.1) is 10.2 Å². The summed E-state index contributed by atoms with van der Waals surface area (Å²) in [6.45, 7) is 0.322. The highest BCUT2D eigenvalue weighted by Gasteiger charge is 2.36. The van der Waals surface area contributed by atoms with Gasteiger partial charge in [0, 0.05) is 18.9 Å². The van der Waals surface area contributed by atoms with Crippen LogP contribution in [0.2, 0.25) is 5.02 Å². The monoisotopic (exact) mass is 362 g/mol. The first kappa shape index (κ1) is 15.5. The van der Waals surface area contributed by atoms with E-state index < -0.39 is 5.92 Å². The number of benzene rings is 1. The number of para-hydroxylation sites is 1. The van der Waals surface area contributed by atoms with E-state index >= 15 is 0 Å². The Morgan fingerprint density at radius 3 is 2.83 bits per heavy atom. The van der Waals surface area contributed by atoms with Gasteiger partial charge in [-0.25, -0.2) is 0 Å². The largest absolute Gasteiger partial charge is 0.310 e. The lowest BCUT2D eigenvalue weighted by atomic mass is 10.1. The summed E-state index contributed by atoms with van der Waals surface area (Å²) in [7, 11) is 0. The molecular weight excluding hydrogens is 348 g/mol. The van der Waals surface area contributed by atoms with Crippen LogP contribution in [0.1, 0.15) is 30.2 Å². The van der Waals surface area contributed by atoms with E-state index in [1.165, 1.54) is 11.3 Å². The first-order valence-electron chi connectivity index (χ1n) is 7.81. The van der Waals surface area contributed by atoms with Crippen molar-refractivity contribution < 1.29 is 9.59 Å². The van der Waals surface area contributed by atoms with Gasteiger partial charge in [-0.05, 0) is 25.0 Å². The fraction of sp³-hybridized carbons (Fsp3) is 0.375. The van der Waals surface area contributed by atoms with Crippen molar-refractivity contribution in [2.24, 2.45) is 5.92 Å². The molecule has 2 fully saturated rings. The van der Waals surface area contributed by atoms with Gasteiger partial charge in [0.15, 0.2) is 0 Å². The van der Waals surface area contributed by atoms with E-state index in [0.717, 1.165) is 17.8 Å². The van der Waals surface area contributed by atoms with Gasteiger partial charge in [-0.2, -0.15) is 0 Å². The van der Waals surface area contributed by atoms with Crippen LogP contribution in [0.15, 0.2) is 24.3 Å². The zero-order valence-corrected chi connectivity index (χ0v) is 14.3. The SMILES string of the molecule is O=C(Nc1nnc(C2CC2)s1)C1CC(=O)N(c2ccccc2Cl)C1. The highest BCUT2D eigenvalue weighted by Crippen LogP contribution is 2.42. The summed E-state index contributed by atoms with van der Waals surface area (Å²) < 4.78 is 0. The van der Waals surface area contributed by atoms with Crippen LogP contribution in [0.4, 0.5) is 10.8 Å². The molecule has 1 N–H and O–H groups in total. The predicted octanol–water partition coefficient (Wildman–Crippen LogP) is 3.06. The maximum Gasteiger partial charge on any atom is 0.231 e. The molecule has 6 nitrogen and oxygen atoms in total. The van der Waals surface area contributed by atoms with Crippen molar-refractivity contribution in [2.45, 2.75) is 25.2 Å². The number of rotatable bonds is 4. The molecule has 1 aliphatic carbocycles. The highest BCUT2D eigenvalue weighted by atomic mass is 35.5. The number of amides is 2. The van der Waals surface area contributed by atoms with Crippen LogP contribution in [-0.4, -0.2) is 28.6 Å². The van der Waals surface area contributed by atoms with Crippen molar-refractivity contribution in [3.63, 3.8) is 0 Å². The quantitative estimate of drug-likeness (QED) is 0.907. The molecule has 124 valence electrons. The number of aromatic nitrogens is 2. The van der Waals surface area contributed by atoms with E-state index in [1.54, 1.807) is 17.0 Å². The molecule has 1 unspecified atom stereocenters. The molecule has 24 heavy (non-hydrogen) atoms. The Hall–Kier alpha value is -1.99. The number of carbonyl (C=O) groups is 2. The standard InChI is InChI=1S/C16H15ClN4O2S/c17-11-3-1-2-4-12(11)21-8-10(7-13(21)22)14(23)18-16-20-19-15(24-16)9-5-6-9/h1-4,9-10H,5-8H2,(H,18,20,23). The molecular formula is C16H15ClN4O2S. The van der Waals surface area contributed by atoms with Crippen molar-refractivity contribution in [2.75, 3.05) is 16.8 Å². The minimum Gasteiger partial charge on any atom is -0.310 e. The van der Waals surface area contributed by atoms with E-state index in [4.69, 9.17) is 11.6 Å². The summed E-state index contributed by atoms with van der Waals surface area (Å²) in [5, 5.41) is 12.9. The third kappa shape index (κ3) is 3.01. The van der Waals surface area contributed by atoms with Crippen LogP contribution in [0.5, 0.6) is 0 Å². The van der Waals surface area contributed by atoms with Gasteiger partial charge < -0.3 is 10.2 Å². The molecule has 1 saturated heterocycles. The van der Waals surface area contributed by atoms with Crippen molar-refractivity contribution in [1.29, 1.82) is 0 Å². The predicted molar refractivity (Wildman–Crippen MR) is 92.4 cm³/mol. The van der Waals surface area contributed by atoms with Gasteiger partial charge in [0.05, 0.1) is 16.6 Å². The molecule has 2 heterocycles. The molecule has 2 aromatic rings. The number of nitrogens with zero attached hydrogens (tertiary/aromatic N) is 3. The van der Waals surface area contributed by atoms with Crippen LogP contribution >= 0.6 is 22.9 Å². The van der Waals surface area contributed by atoms with Crippen molar-refractivity contribution in [1.82, 2.24) is 10.2 Å². The third-order valence-corrected chi connectivity index (χ3v) is 5.56. The van der Waals surface area contributed by atoms with Crippen LogP contribution in [0.25, 0.3) is 0 Å². The maximum atomic E-state index is 12.4. The van der Waals surface area contributed by atoms with Crippen molar-refractivity contribution in [3.8, 4) is 0 Å². The van der Waals surface area contributed by atoms with E-state index in [0.29, 0.717) is 28.3 Å². The van der Waals surface area contributed by atoms with E-state index in [2.05, 4.69) is 15.5 Å². The lowest BCUT2D eigenvalue weighted by molar-refractivity contribution is -0.122. The molecule has 1 atom stereocenters. The number of nitrogens with one attached hydrogen (secondary N) is 1. The summed E-state index contributed by atoms with van der Waals surface area (Å²) in [6, 6.07) is 7.15. The van der Waals surface area contributed by atoms with Crippen LogP contribution in [-0.2, 0) is 9.59 Å². The van der Waals surface area contributed by atoms with E-state index in [9.17, 15) is 9.59 Å². The van der Waals surface area contributed by atoms with Gasteiger partial charge in [0.25, 0.3) is 0 Å². The van der Waals surface area contributed by atoms with Gasteiger partial charge in [0.1, 0.15) is 5.01 Å². The highest BCUT2D eigenvalue weighted by molar-refractivity contribution is 7.15. The molecule has 8 heteroatoms. The summed E-state index contributed by atoms with van der Waals surface area (Å²) in [5.74, 6) is -0.199. The van der Waals surface area contributed by atoms with Gasteiger partial charge in [-0.1, -0.05) is 35.1 Å². The zero-order chi connectivity index (χ0) is 16.7. The Morgan fingerprint density at radius 2 is 2.08 bits per heavy atom. The molecule has 2 aliphatic rings. The van der Waals surface area contributed by atoms with Gasteiger partial charge in [0.2, 0.25) is 16.9 Å². The van der Waals surface area contributed by atoms with Gasteiger partial charge in [-0.3, -0.25) is 9.59 Å². The second kappa shape index (κ2) is 6.14. The fourth-order valence-corrected chi connectivity index (χ4v) is 3.93. The van der Waals surface area contributed by atoms with Gasteiger partial charge >= 0.3 is 0 Å². The average Bonchev–Trinajstić information content (AvgIpc) is 3.19. The Morgan fingerprint density at radius 1 is 1.29 bits per heavy atom. The second-order valence-electron chi connectivity index (χ2n) is 6.07. The first-order valence-corrected chi connectivity index (χ1v) is 9.00. The number of hydrogen-bond donors (Lipinski definition) is 1. The summed E-state index contributed by atoms with van der Waals surface area (Å²) in [5.41, 5.74) is 0.645. The molecule has 0 radical (unpaired) electrons. The molecule has 4 rings (SSSR count). The minimum absolute atomic E-state index is 0.0980. The Balaban J connectivity index is 1.44. The fourth-order valence-electron chi connectivity index (χ4n) is 2.77. The number of anilines is 2. The molecule has 1 aromatic heterocycles. The summed E-state index contributed by atoms with van der Waals surface area (Å²) in [4.78, 5) is 26.3. The smallest absolute Gasteiger partial charge is 0.231 e. The first-order chi connectivity index (χ1) is 11.6. The summed E-state index contributed by atoms with van der Waals surface area (Å²) in [6.07, 6.45) is 2.46. The summed E-state index contributed by atoms with van der Waals surface area (Å²) >= 11 is 7.57. The Bertz CT molecular complexity index is 805. The minimum atomic E-state index is -0.415. The third-order valence-electron chi connectivity index (χ3n) is 4.24. The topological polar surface area (TPSA) is 75.2 Å². The zero-order valence-electron chi connectivity index (χ0n) is 12.7. The molecule has 1 aliphatic heterocycles. The van der Waals surface area contributed by atoms with Crippen molar-refractivity contribution in [3.05, 3.63) is 34.3 Å². The lowest BCUT2D eigenvalue weighted by Crippen LogP contribution is -2.28. The molecule has 0 spiro atoms. The Labute approximate surface area is 147 Å². The second-order valence-corrected chi connectivity index (χ2v) is 7.48. The Kier molecular flexibility index (Phi) is 3.97. The molecule has 2 amide bonds. The molecule has 1 saturated carbocycles. The molecule has 0 bridgehead atoms. The average molecular weight is 363 g/mol. The molecule has 1 aromatic carbocycles. The lowest BCUT2D eigenvalue weighted by Gasteiger charge is -2.17. The number of halogens is 1. The van der Waals surface area contributed by atoms with E-state index in [-0.39, 0.29) is 18.2 Å². The van der Waals surface area contributed by atoms with Crippen LogP contribution in [0, 0.1) is 5.92 Å². The maximum absolute atomic E-state index is 12.4. The number of hydrogen-bond acceptors (Lipinski definition) is 5.